The minimum absolute atomic E-state index is 0.0745. The molecule has 0 spiro atoms. The highest BCUT2D eigenvalue weighted by atomic mass is 32.2. The third-order valence-corrected chi connectivity index (χ3v) is 6.06. The van der Waals surface area contributed by atoms with E-state index in [0.29, 0.717) is 5.75 Å². The molecule has 106 valence electrons. The van der Waals surface area contributed by atoms with E-state index in [1.165, 1.54) is 4.88 Å². The summed E-state index contributed by atoms with van der Waals surface area (Å²) in [7, 11) is -0.979. The van der Waals surface area contributed by atoms with Gasteiger partial charge in [-0.2, -0.15) is 0 Å². The second kappa shape index (κ2) is 6.83. The zero-order valence-electron chi connectivity index (χ0n) is 11.5. The Morgan fingerprint density at radius 3 is 1.86 bits per heavy atom. The number of hydrogen-bond donors (Lipinski definition) is 0. The smallest absolute Gasteiger partial charge is 0.0850 e. The Morgan fingerprint density at radius 1 is 0.810 bits per heavy atom. The first-order valence-electron chi connectivity index (χ1n) is 6.84. The lowest BCUT2D eigenvalue weighted by molar-refractivity contribution is 0.678. The first-order chi connectivity index (χ1) is 10.3. The molecule has 0 radical (unpaired) electrons. The van der Waals surface area contributed by atoms with Crippen LogP contribution in [-0.2, 0) is 16.6 Å². The minimum Gasteiger partial charge on any atom is -0.258 e. The largest absolute Gasteiger partial charge is 0.258 e. The summed E-state index contributed by atoms with van der Waals surface area (Å²) in [5, 5.41) is 1.96. The lowest BCUT2D eigenvalue weighted by atomic mass is 10.0. The topological polar surface area (TPSA) is 17.1 Å². The molecule has 0 N–H and O–H groups in total. The van der Waals surface area contributed by atoms with Crippen molar-refractivity contribution >= 4 is 22.1 Å². The highest BCUT2D eigenvalue weighted by Crippen LogP contribution is 2.30. The van der Waals surface area contributed by atoms with Gasteiger partial charge in [-0.25, -0.2) is 0 Å². The van der Waals surface area contributed by atoms with Gasteiger partial charge in [-0.1, -0.05) is 66.7 Å². The van der Waals surface area contributed by atoms with Crippen molar-refractivity contribution in [3.63, 3.8) is 0 Å². The summed E-state index contributed by atoms with van der Waals surface area (Å²) in [6, 6.07) is 24.3. The molecule has 0 fully saturated rings. The van der Waals surface area contributed by atoms with Crippen LogP contribution in [0.4, 0.5) is 0 Å². The first kappa shape index (κ1) is 14.2. The Bertz CT molecular complexity index is 651. The minimum atomic E-state index is -0.979. The first-order valence-corrected chi connectivity index (χ1v) is 9.10. The SMILES string of the molecule is O=[S@@](Cc1cccs1)C(c1ccccc1)c1ccccc1. The van der Waals surface area contributed by atoms with Crippen molar-refractivity contribution in [1.29, 1.82) is 0 Å². The van der Waals surface area contributed by atoms with Gasteiger partial charge in [-0.3, -0.25) is 4.21 Å². The Hall–Kier alpha value is -1.71. The van der Waals surface area contributed by atoms with Gasteiger partial charge in [0.25, 0.3) is 0 Å². The van der Waals surface area contributed by atoms with Crippen molar-refractivity contribution in [3.05, 3.63) is 94.2 Å². The average molecular weight is 312 g/mol. The molecule has 1 nitrogen and oxygen atoms in total. The maximum atomic E-state index is 12.9. The van der Waals surface area contributed by atoms with Crippen molar-refractivity contribution in [3.8, 4) is 0 Å². The fourth-order valence-electron chi connectivity index (χ4n) is 2.37. The second-order valence-electron chi connectivity index (χ2n) is 4.81. The number of rotatable bonds is 5. The van der Waals surface area contributed by atoms with Crippen LogP contribution < -0.4 is 0 Å². The lowest BCUT2D eigenvalue weighted by Crippen LogP contribution is -2.10. The van der Waals surface area contributed by atoms with Gasteiger partial charge in [0, 0.05) is 15.7 Å². The standard InChI is InChI=1S/C18H16OS2/c19-21(14-17-12-7-13-20-17)18(15-8-3-1-4-9-15)16-10-5-2-6-11-16/h1-13,18H,14H2/t21-/m0/s1. The summed E-state index contributed by atoms with van der Waals surface area (Å²) in [5.74, 6) is 0.603. The van der Waals surface area contributed by atoms with Gasteiger partial charge < -0.3 is 0 Å². The van der Waals surface area contributed by atoms with Gasteiger partial charge >= 0.3 is 0 Å². The zero-order chi connectivity index (χ0) is 14.5. The van der Waals surface area contributed by atoms with Gasteiger partial charge in [0.15, 0.2) is 0 Å². The van der Waals surface area contributed by atoms with Crippen LogP contribution in [0, 0.1) is 0 Å². The summed E-state index contributed by atoms with van der Waals surface area (Å²) in [6.07, 6.45) is 0. The normalized spacial score (nSPS) is 12.4. The van der Waals surface area contributed by atoms with Crippen LogP contribution in [0.2, 0.25) is 0 Å². The van der Waals surface area contributed by atoms with E-state index in [0.717, 1.165) is 11.1 Å². The van der Waals surface area contributed by atoms with Crippen LogP contribution in [0.25, 0.3) is 0 Å². The van der Waals surface area contributed by atoms with Crippen molar-refractivity contribution in [2.75, 3.05) is 0 Å². The number of thiophene rings is 1. The molecule has 1 heterocycles. The van der Waals surface area contributed by atoms with Crippen LogP contribution in [0.3, 0.4) is 0 Å². The van der Waals surface area contributed by atoms with E-state index in [9.17, 15) is 4.21 Å². The summed E-state index contributed by atoms with van der Waals surface area (Å²) in [6.45, 7) is 0. The van der Waals surface area contributed by atoms with E-state index in [1.54, 1.807) is 11.3 Å². The highest BCUT2D eigenvalue weighted by Gasteiger charge is 2.21. The third-order valence-electron chi connectivity index (χ3n) is 3.33. The highest BCUT2D eigenvalue weighted by molar-refractivity contribution is 7.84. The van der Waals surface area contributed by atoms with E-state index in [-0.39, 0.29) is 5.25 Å². The third kappa shape index (κ3) is 3.49. The number of hydrogen-bond acceptors (Lipinski definition) is 2. The van der Waals surface area contributed by atoms with E-state index >= 15 is 0 Å². The zero-order valence-corrected chi connectivity index (χ0v) is 13.1. The molecule has 3 heteroatoms. The molecule has 0 aliphatic heterocycles. The molecule has 0 aliphatic carbocycles. The molecule has 1 atom stereocenters. The monoisotopic (exact) mass is 312 g/mol. The maximum absolute atomic E-state index is 12.9. The summed E-state index contributed by atoms with van der Waals surface area (Å²) in [4.78, 5) is 1.17. The van der Waals surface area contributed by atoms with Crippen LogP contribution in [0.1, 0.15) is 21.3 Å². The molecule has 0 saturated heterocycles. The second-order valence-corrected chi connectivity index (χ2v) is 7.36. The van der Waals surface area contributed by atoms with Crippen molar-refractivity contribution < 1.29 is 4.21 Å². The molecule has 21 heavy (non-hydrogen) atoms. The Balaban J connectivity index is 1.95. The molecule has 0 aliphatic rings. The Morgan fingerprint density at radius 2 is 1.38 bits per heavy atom. The summed E-state index contributed by atoms with van der Waals surface area (Å²) < 4.78 is 12.9. The van der Waals surface area contributed by atoms with Crippen LogP contribution in [-0.4, -0.2) is 4.21 Å². The van der Waals surface area contributed by atoms with E-state index in [1.807, 2.05) is 47.8 Å². The quantitative estimate of drug-likeness (QED) is 0.662. The van der Waals surface area contributed by atoms with Crippen LogP contribution in [0.5, 0.6) is 0 Å². The van der Waals surface area contributed by atoms with Gasteiger partial charge in [-0.15, -0.1) is 11.3 Å². The van der Waals surface area contributed by atoms with E-state index in [2.05, 4.69) is 30.3 Å². The molecule has 0 unspecified atom stereocenters. The van der Waals surface area contributed by atoms with E-state index in [4.69, 9.17) is 0 Å². The Labute approximate surface area is 131 Å². The van der Waals surface area contributed by atoms with Crippen LogP contribution >= 0.6 is 11.3 Å². The van der Waals surface area contributed by atoms with Crippen molar-refractivity contribution in [2.24, 2.45) is 0 Å². The molecule has 3 aromatic rings. The van der Waals surface area contributed by atoms with Gasteiger partial charge in [0.1, 0.15) is 0 Å². The predicted molar refractivity (Wildman–Crippen MR) is 90.9 cm³/mol. The average Bonchev–Trinajstić information content (AvgIpc) is 3.02. The van der Waals surface area contributed by atoms with Crippen molar-refractivity contribution in [1.82, 2.24) is 0 Å². The van der Waals surface area contributed by atoms with E-state index < -0.39 is 10.8 Å². The molecule has 0 saturated carbocycles. The fourth-order valence-corrected chi connectivity index (χ4v) is 4.94. The van der Waals surface area contributed by atoms with Crippen molar-refractivity contribution in [2.45, 2.75) is 11.0 Å². The fraction of sp³-hybridized carbons (Fsp3) is 0.111. The molecule has 0 amide bonds. The molecular formula is C18H16OS2. The maximum Gasteiger partial charge on any atom is 0.0850 e. The summed E-state index contributed by atoms with van der Waals surface area (Å²) in [5.41, 5.74) is 2.22. The molecule has 0 bridgehead atoms. The summed E-state index contributed by atoms with van der Waals surface area (Å²) >= 11 is 1.67. The molecule has 2 aromatic carbocycles. The predicted octanol–water partition coefficient (Wildman–Crippen LogP) is 4.79. The van der Waals surface area contributed by atoms with Gasteiger partial charge in [0.05, 0.1) is 11.0 Å². The Kier molecular flexibility index (Phi) is 4.63. The molecule has 1 aromatic heterocycles. The number of benzene rings is 2. The molecular weight excluding hydrogens is 296 g/mol. The van der Waals surface area contributed by atoms with Crippen LogP contribution in [0.15, 0.2) is 78.2 Å². The molecule has 3 rings (SSSR count). The van der Waals surface area contributed by atoms with Gasteiger partial charge in [0.2, 0.25) is 0 Å². The van der Waals surface area contributed by atoms with Gasteiger partial charge in [-0.05, 0) is 22.6 Å². The lowest BCUT2D eigenvalue weighted by Gasteiger charge is -2.17.